The van der Waals surface area contributed by atoms with E-state index in [0.29, 0.717) is 17.1 Å². The van der Waals surface area contributed by atoms with Crippen molar-refractivity contribution in [3.8, 4) is 0 Å². The predicted molar refractivity (Wildman–Crippen MR) is 67.4 cm³/mol. The number of nitrogens with two attached hydrogens (primary N) is 1. The van der Waals surface area contributed by atoms with Gasteiger partial charge in [0.05, 0.1) is 12.8 Å². The molecule has 0 saturated carbocycles. The van der Waals surface area contributed by atoms with Gasteiger partial charge in [0.15, 0.2) is 11.8 Å². The second kappa shape index (κ2) is 4.58. The van der Waals surface area contributed by atoms with Gasteiger partial charge in [-0.2, -0.15) is 5.10 Å². The quantitative estimate of drug-likeness (QED) is 0.655. The lowest BCUT2D eigenvalue weighted by molar-refractivity contribution is 0.0290. The second-order valence-corrected chi connectivity index (χ2v) is 4.35. The van der Waals surface area contributed by atoms with Crippen LogP contribution in [0.15, 0.2) is 24.5 Å². The Morgan fingerprint density at radius 1 is 1.55 bits per heavy atom. The molecule has 3 heterocycles. The molecule has 0 bridgehead atoms. The van der Waals surface area contributed by atoms with E-state index in [1.165, 1.54) is 23.0 Å². The monoisotopic (exact) mass is 276 g/mol. The summed E-state index contributed by atoms with van der Waals surface area (Å²) in [5, 5.41) is 22.8. The second-order valence-electron chi connectivity index (χ2n) is 4.35. The summed E-state index contributed by atoms with van der Waals surface area (Å²) in [4.78, 5) is 15.3. The highest BCUT2D eigenvalue weighted by molar-refractivity contribution is 5.98. The SMILES string of the molecule is NC(=O)c1cnn2c(C3=C[C@H](O)[C@@H](CO)O3)ccnc12. The molecule has 0 aliphatic carbocycles. The molecule has 0 radical (unpaired) electrons. The van der Waals surface area contributed by atoms with Crippen molar-refractivity contribution in [2.24, 2.45) is 5.73 Å². The van der Waals surface area contributed by atoms with E-state index in [4.69, 9.17) is 15.6 Å². The van der Waals surface area contributed by atoms with Crippen molar-refractivity contribution < 1.29 is 19.7 Å². The third kappa shape index (κ3) is 1.82. The maximum atomic E-state index is 11.3. The Balaban J connectivity index is 2.10. The van der Waals surface area contributed by atoms with Crippen LogP contribution in [-0.4, -0.2) is 49.5 Å². The lowest BCUT2D eigenvalue weighted by Gasteiger charge is -2.13. The fraction of sp³-hybridized carbons (Fsp3) is 0.250. The normalized spacial score (nSPS) is 21.8. The molecule has 0 spiro atoms. The smallest absolute Gasteiger partial charge is 0.254 e. The summed E-state index contributed by atoms with van der Waals surface area (Å²) in [6.45, 7) is -0.305. The van der Waals surface area contributed by atoms with Crippen LogP contribution < -0.4 is 5.73 Å². The first-order valence-electron chi connectivity index (χ1n) is 5.92. The third-order valence-corrected chi connectivity index (χ3v) is 3.08. The van der Waals surface area contributed by atoms with Gasteiger partial charge in [-0.15, -0.1) is 0 Å². The van der Waals surface area contributed by atoms with Crippen LogP contribution in [0.5, 0.6) is 0 Å². The number of primary amides is 1. The summed E-state index contributed by atoms with van der Waals surface area (Å²) < 4.78 is 6.84. The first-order valence-corrected chi connectivity index (χ1v) is 5.92. The molecule has 0 aromatic carbocycles. The van der Waals surface area contributed by atoms with Crippen molar-refractivity contribution in [3.63, 3.8) is 0 Å². The Labute approximate surface area is 113 Å². The van der Waals surface area contributed by atoms with Crippen molar-refractivity contribution in [1.82, 2.24) is 14.6 Å². The number of hydrogen-bond donors (Lipinski definition) is 3. The van der Waals surface area contributed by atoms with E-state index in [1.54, 1.807) is 6.07 Å². The van der Waals surface area contributed by atoms with Crippen molar-refractivity contribution in [3.05, 3.63) is 35.8 Å². The van der Waals surface area contributed by atoms with Crippen LogP contribution in [0.25, 0.3) is 11.4 Å². The largest absolute Gasteiger partial charge is 0.483 e. The van der Waals surface area contributed by atoms with Gasteiger partial charge >= 0.3 is 0 Å². The summed E-state index contributed by atoms with van der Waals surface area (Å²) in [5.74, 6) is -0.262. The molecule has 8 heteroatoms. The van der Waals surface area contributed by atoms with Gasteiger partial charge in [0, 0.05) is 6.20 Å². The van der Waals surface area contributed by atoms with Crippen LogP contribution in [-0.2, 0) is 4.74 Å². The highest BCUT2D eigenvalue weighted by atomic mass is 16.5. The maximum Gasteiger partial charge on any atom is 0.254 e. The third-order valence-electron chi connectivity index (χ3n) is 3.08. The number of rotatable bonds is 3. The summed E-state index contributed by atoms with van der Waals surface area (Å²) in [7, 11) is 0. The van der Waals surface area contributed by atoms with E-state index in [0.717, 1.165) is 0 Å². The highest BCUT2D eigenvalue weighted by Crippen LogP contribution is 2.26. The Bertz CT molecular complexity index is 709. The molecule has 4 N–H and O–H groups in total. The van der Waals surface area contributed by atoms with E-state index >= 15 is 0 Å². The Morgan fingerprint density at radius 2 is 2.35 bits per heavy atom. The van der Waals surface area contributed by atoms with Gasteiger partial charge < -0.3 is 20.7 Å². The zero-order valence-electron chi connectivity index (χ0n) is 10.3. The lowest BCUT2D eigenvalue weighted by atomic mass is 10.2. The van der Waals surface area contributed by atoms with Crippen molar-refractivity contribution in [2.75, 3.05) is 6.61 Å². The Hall–Kier alpha value is -2.45. The van der Waals surface area contributed by atoms with E-state index in [9.17, 15) is 9.90 Å². The van der Waals surface area contributed by atoms with Crippen molar-refractivity contribution >= 4 is 17.3 Å². The molecular formula is C12H12N4O4. The van der Waals surface area contributed by atoms with E-state index in [-0.39, 0.29) is 12.2 Å². The molecule has 0 unspecified atom stereocenters. The minimum Gasteiger partial charge on any atom is -0.483 e. The van der Waals surface area contributed by atoms with E-state index in [2.05, 4.69) is 10.1 Å². The summed E-state index contributed by atoms with van der Waals surface area (Å²) in [5.41, 5.74) is 6.26. The fourth-order valence-electron chi connectivity index (χ4n) is 2.08. The van der Waals surface area contributed by atoms with Gasteiger partial charge in [-0.05, 0) is 12.1 Å². The molecule has 2 atom stereocenters. The van der Waals surface area contributed by atoms with Crippen molar-refractivity contribution in [2.45, 2.75) is 12.2 Å². The van der Waals surface area contributed by atoms with Gasteiger partial charge in [-0.1, -0.05) is 0 Å². The molecule has 1 aliphatic rings. The molecule has 2 aromatic rings. The highest BCUT2D eigenvalue weighted by Gasteiger charge is 2.29. The van der Waals surface area contributed by atoms with Crippen LogP contribution >= 0.6 is 0 Å². The van der Waals surface area contributed by atoms with Gasteiger partial charge in [-0.25, -0.2) is 9.50 Å². The van der Waals surface area contributed by atoms with Gasteiger partial charge in [-0.3, -0.25) is 4.79 Å². The Kier molecular flexibility index (Phi) is 2.88. The van der Waals surface area contributed by atoms with Crippen LogP contribution in [0.2, 0.25) is 0 Å². The number of nitrogens with zero attached hydrogens (tertiary/aromatic N) is 3. The Morgan fingerprint density at radius 3 is 3.00 bits per heavy atom. The molecule has 8 nitrogen and oxygen atoms in total. The summed E-state index contributed by atoms with van der Waals surface area (Å²) in [6.07, 6.45) is 2.68. The van der Waals surface area contributed by atoms with Crippen molar-refractivity contribution in [1.29, 1.82) is 0 Å². The minimum absolute atomic E-state index is 0.199. The molecule has 2 aromatic heterocycles. The average Bonchev–Trinajstić information content (AvgIpc) is 3.01. The zero-order chi connectivity index (χ0) is 14.3. The van der Waals surface area contributed by atoms with Crippen LogP contribution in [0, 0.1) is 0 Å². The molecule has 3 rings (SSSR count). The predicted octanol–water partition coefficient (Wildman–Crippen LogP) is -1.08. The molecule has 20 heavy (non-hydrogen) atoms. The average molecular weight is 276 g/mol. The van der Waals surface area contributed by atoms with E-state index in [1.807, 2.05) is 0 Å². The van der Waals surface area contributed by atoms with Gasteiger partial charge in [0.1, 0.15) is 23.1 Å². The number of amides is 1. The standard InChI is InChI=1S/C12H12N4O4/c13-11(19)6-4-15-16-7(1-2-14-12(6)16)9-3-8(18)10(5-17)20-9/h1-4,8,10,17-18H,5H2,(H2,13,19)/t8-,10+/m0/s1. The first kappa shape index (κ1) is 12.6. The lowest BCUT2D eigenvalue weighted by Crippen LogP contribution is -2.25. The minimum atomic E-state index is -0.899. The van der Waals surface area contributed by atoms with Gasteiger partial charge in [0.2, 0.25) is 0 Å². The van der Waals surface area contributed by atoms with Crippen LogP contribution in [0.1, 0.15) is 16.1 Å². The van der Waals surface area contributed by atoms with E-state index < -0.39 is 18.1 Å². The van der Waals surface area contributed by atoms with Crippen LogP contribution in [0.3, 0.4) is 0 Å². The number of aliphatic hydroxyl groups excluding tert-OH is 2. The number of ether oxygens (including phenoxy) is 1. The number of hydrogen-bond acceptors (Lipinski definition) is 6. The molecule has 0 saturated heterocycles. The number of aliphatic hydroxyl groups is 2. The molecule has 104 valence electrons. The summed E-state index contributed by atoms with van der Waals surface area (Å²) >= 11 is 0. The number of carbonyl (C=O) groups excluding carboxylic acids is 1. The van der Waals surface area contributed by atoms with Gasteiger partial charge in [0.25, 0.3) is 5.91 Å². The maximum absolute atomic E-state index is 11.3. The first-order chi connectivity index (χ1) is 9.61. The molecular weight excluding hydrogens is 264 g/mol. The summed E-state index contributed by atoms with van der Waals surface area (Å²) in [6, 6.07) is 1.63. The fourth-order valence-corrected chi connectivity index (χ4v) is 2.08. The molecule has 0 fully saturated rings. The zero-order valence-corrected chi connectivity index (χ0v) is 10.3. The number of aromatic nitrogens is 3. The molecule has 1 aliphatic heterocycles. The number of carbonyl (C=O) groups is 1. The topological polar surface area (TPSA) is 123 Å². The number of fused-ring (bicyclic) bond motifs is 1. The molecule has 1 amide bonds. The van der Waals surface area contributed by atoms with Crippen LogP contribution in [0.4, 0.5) is 0 Å².